The van der Waals surface area contributed by atoms with Crippen molar-refractivity contribution in [1.29, 1.82) is 0 Å². The van der Waals surface area contributed by atoms with Gasteiger partial charge in [0.15, 0.2) is 0 Å². The topological polar surface area (TPSA) is 58.9 Å². The molecule has 1 N–H and O–H groups in total. The van der Waals surface area contributed by atoms with Gasteiger partial charge in [0, 0.05) is 22.9 Å². The number of aliphatic carboxylic acids is 1. The van der Waals surface area contributed by atoms with Crippen molar-refractivity contribution in [2.75, 3.05) is 6.61 Å². The summed E-state index contributed by atoms with van der Waals surface area (Å²) in [5.74, 6) is -0.762. The fourth-order valence-electron chi connectivity index (χ4n) is 2.18. The monoisotopic (exact) mass is 407 g/mol. The number of hydrogen-bond donors (Lipinski definition) is 1. The summed E-state index contributed by atoms with van der Waals surface area (Å²) >= 11 is 1.04. The highest BCUT2D eigenvalue weighted by Gasteiger charge is 2.16. The third kappa shape index (κ3) is 6.81. The van der Waals surface area contributed by atoms with E-state index in [0.29, 0.717) is 27.2 Å². The van der Waals surface area contributed by atoms with E-state index in [4.69, 9.17) is 4.74 Å². The lowest BCUT2D eigenvalue weighted by atomic mass is 10.0. The molecule has 0 aliphatic rings. The second-order valence-corrected chi connectivity index (χ2v) is 6.88. The normalized spacial score (nSPS) is 11.6. The number of alkyl halides is 2. The number of halogens is 2. The number of aliphatic imine (C=N–C) groups is 1. The molecule has 7 heteroatoms. The number of carbonyl (C=O) groups is 1. The number of carboxylic acids is 1. The molecule has 28 heavy (non-hydrogen) atoms. The minimum Gasteiger partial charge on any atom is -0.487 e. The molecule has 0 aliphatic carbocycles. The Morgan fingerprint density at radius 1 is 1.39 bits per heavy atom. The van der Waals surface area contributed by atoms with Gasteiger partial charge < -0.3 is 9.84 Å². The molecule has 1 aromatic rings. The van der Waals surface area contributed by atoms with Crippen LogP contribution in [-0.4, -0.2) is 30.3 Å². The summed E-state index contributed by atoms with van der Waals surface area (Å²) in [6.45, 7) is 11.9. The van der Waals surface area contributed by atoms with Gasteiger partial charge in [0.25, 0.3) is 6.43 Å². The molecule has 0 fully saturated rings. The van der Waals surface area contributed by atoms with Crippen LogP contribution in [0.1, 0.15) is 31.9 Å². The van der Waals surface area contributed by atoms with E-state index in [1.54, 1.807) is 45.0 Å². The van der Waals surface area contributed by atoms with E-state index in [1.807, 2.05) is 0 Å². The van der Waals surface area contributed by atoms with E-state index in [2.05, 4.69) is 18.2 Å². The maximum atomic E-state index is 12.6. The van der Waals surface area contributed by atoms with Gasteiger partial charge in [-0.05, 0) is 44.0 Å². The molecule has 0 unspecified atom stereocenters. The van der Waals surface area contributed by atoms with Crippen LogP contribution in [0, 0.1) is 0 Å². The summed E-state index contributed by atoms with van der Waals surface area (Å²) in [5, 5.41) is 9.34. The van der Waals surface area contributed by atoms with E-state index < -0.39 is 19.0 Å². The molecular formula is C21H23F2NO3S. The predicted octanol–water partition coefficient (Wildman–Crippen LogP) is 6.03. The van der Waals surface area contributed by atoms with Crippen LogP contribution < -0.4 is 4.74 Å². The Kier molecular flexibility index (Phi) is 9.38. The van der Waals surface area contributed by atoms with Crippen LogP contribution in [-0.2, 0) is 4.79 Å². The third-order valence-electron chi connectivity index (χ3n) is 3.48. The molecule has 0 amide bonds. The van der Waals surface area contributed by atoms with Crippen molar-refractivity contribution >= 4 is 34.4 Å². The highest BCUT2D eigenvalue weighted by molar-refractivity contribution is 8.12. The second-order valence-electron chi connectivity index (χ2n) is 5.78. The zero-order chi connectivity index (χ0) is 21.3. The van der Waals surface area contributed by atoms with Crippen molar-refractivity contribution < 1.29 is 23.4 Å². The lowest BCUT2D eigenvalue weighted by molar-refractivity contribution is -0.131. The Balaban J connectivity index is 3.36. The fourth-order valence-corrected chi connectivity index (χ4v) is 2.96. The minimum atomic E-state index is -2.61. The SMILES string of the molecule is C=CN=C/C(=C\C)c1cc(C(=C)SC(C(=O)O)=C(C)C)ccc1OCC(F)F. The second kappa shape index (κ2) is 11.2. The lowest BCUT2D eigenvalue weighted by Crippen LogP contribution is -2.08. The van der Waals surface area contributed by atoms with Gasteiger partial charge in [0.2, 0.25) is 0 Å². The largest absolute Gasteiger partial charge is 0.487 e. The molecule has 0 saturated carbocycles. The predicted molar refractivity (Wildman–Crippen MR) is 113 cm³/mol. The molecule has 0 aromatic heterocycles. The molecule has 0 spiro atoms. The van der Waals surface area contributed by atoms with Crippen molar-refractivity contribution in [3.05, 3.63) is 65.2 Å². The number of carboxylic acid groups (broad SMARTS) is 1. The zero-order valence-electron chi connectivity index (χ0n) is 16.0. The summed E-state index contributed by atoms with van der Waals surface area (Å²) in [6, 6.07) is 4.93. The number of benzene rings is 1. The van der Waals surface area contributed by atoms with Gasteiger partial charge in [-0.2, -0.15) is 0 Å². The van der Waals surface area contributed by atoms with Gasteiger partial charge in [-0.15, -0.1) is 0 Å². The van der Waals surface area contributed by atoms with Gasteiger partial charge in [-0.1, -0.05) is 42.6 Å². The molecule has 4 nitrogen and oxygen atoms in total. The zero-order valence-corrected chi connectivity index (χ0v) is 16.9. The van der Waals surface area contributed by atoms with Crippen LogP contribution >= 0.6 is 11.8 Å². The highest BCUT2D eigenvalue weighted by atomic mass is 32.2. The van der Waals surface area contributed by atoms with E-state index in [1.165, 1.54) is 12.4 Å². The Morgan fingerprint density at radius 3 is 2.57 bits per heavy atom. The molecular weight excluding hydrogens is 384 g/mol. The van der Waals surface area contributed by atoms with Crippen LogP contribution in [0.2, 0.25) is 0 Å². The van der Waals surface area contributed by atoms with Gasteiger partial charge in [-0.25, -0.2) is 13.6 Å². The molecule has 0 heterocycles. The molecule has 1 rings (SSSR count). The number of rotatable bonds is 10. The Bertz CT molecular complexity index is 838. The fraction of sp³-hybridized carbons (Fsp3) is 0.238. The minimum absolute atomic E-state index is 0.184. The van der Waals surface area contributed by atoms with Crippen LogP contribution in [0.15, 0.2) is 59.1 Å². The number of hydrogen-bond acceptors (Lipinski definition) is 4. The van der Waals surface area contributed by atoms with Crippen LogP contribution in [0.3, 0.4) is 0 Å². The maximum Gasteiger partial charge on any atom is 0.342 e. The summed E-state index contributed by atoms with van der Waals surface area (Å²) in [4.78, 5) is 16.1. The summed E-state index contributed by atoms with van der Waals surface area (Å²) < 4.78 is 30.4. The van der Waals surface area contributed by atoms with E-state index in [0.717, 1.165) is 11.8 Å². The number of ether oxygens (including phenoxy) is 1. The first-order valence-corrected chi connectivity index (χ1v) is 9.16. The molecule has 0 bridgehead atoms. The smallest absolute Gasteiger partial charge is 0.342 e. The summed E-state index contributed by atoms with van der Waals surface area (Å²) in [7, 11) is 0. The number of nitrogens with zero attached hydrogens (tertiary/aromatic N) is 1. The summed E-state index contributed by atoms with van der Waals surface area (Å²) in [6.07, 6.45) is 2.05. The van der Waals surface area contributed by atoms with Gasteiger partial charge in [0.1, 0.15) is 12.4 Å². The Morgan fingerprint density at radius 2 is 2.07 bits per heavy atom. The Labute approximate surface area is 168 Å². The third-order valence-corrected chi connectivity index (χ3v) is 4.75. The quantitative estimate of drug-likeness (QED) is 0.380. The first-order valence-electron chi connectivity index (χ1n) is 8.34. The number of allylic oxidation sites excluding steroid dienone is 3. The van der Waals surface area contributed by atoms with Crippen molar-refractivity contribution in [1.82, 2.24) is 0 Å². The Hall–Kier alpha value is -2.67. The summed E-state index contributed by atoms with van der Waals surface area (Å²) in [5.41, 5.74) is 2.49. The first-order chi connectivity index (χ1) is 13.2. The van der Waals surface area contributed by atoms with Crippen LogP contribution in [0.4, 0.5) is 8.78 Å². The van der Waals surface area contributed by atoms with Crippen molar-refractivity contribution in [2.24, 2.45) is 4.99 Å². The lowest BCUT2D eigenvalue weighted by Gasteiger charge is -2.15. The van der Waals surface area contributed by atoms with Crippen molar-refractivity contribution in [2.45, 2.75) is 27.2 Å². The molecule has 0 saturated heterocycles. The van der Waals surface area contributed by atoms with Crippen LogP contribution in [0.5, 0.6) is 5.75 Å². The highest BCUT2D eigenvalue weighted by Crippen LogP contribution is 2.37. The van der Waals surface area contributed by atoms with Gasteiger partial charge in [0.05, 0.1) is 4.91 Å². The molecule has 1 aromatic carbocycles. The van der Waals surface area contributed by atoms with Crippen molar-refractivity contribution in [3.8, 4) is 5.75 Å². The molecule has 0 aliphatic heterocycles. The molecule has 0 atom stereocenters. The van der Waals surface area contributed by atoms with Crippen LogP contribution in [0.25, 0.3) is 10.5 Å². The average Bonchev–Trinajstić information content (AvgIpc) is 2.64. The maximum absolute atomic E-state index is 12.6. The molecule has 0 radical (unpaired) electrons. The van der Waals surface area contributed by atoms with Gasteiger partial charge >= 0.3 is 5.97 Å². The number of thioether (sulfide) groups is 1. The van der Waals surface area contributed by atoms with Crippen molar-refractivity contribution in [3.63, 3.8) is 0 Å². The standard InChI is InChI=1S/C21H23F2NO3S/c1-6-15(11-24-7-2)17-10-16(8-9-18(17)27-12-19(22)23)14(5)28-20(13(3)4)21(25)26/h6-11,19H,2,5,12H2,1,3-4H3,(H,25,26)/b15-6+,24-11?. The molecule has 150 valence electrons. The van der Waals surface area contributed by atoms with E-state index >= 15 is 0 Å². The van der Waals surface area contributed by atoms with E-state index in [9.17, 15) is 18.7 Å². The van der Waals surface area contributed by atoms with Gasteiger partial charge in [-0.3, -0.25) is 4.99 Å². The first kappa shape index (κ1) is 23.4. The average molecular weight is 407 g/mol. The van der Waals surface area contributed by atoms with E-state index in [-0.39, 0.29) is 10.7 Å².